The molecule has 5 heteroatoms. The minimum absolute atomic E-state index is 0.0138. The average molecular weight is 277 g/mol. The molecule has 0 bridgehead atoms. The molecule has 5 nitrogen and oxygen atoms in total. The van der Waals surface area contributed by atoms with Crippen LogP contribution in [0.15, 0.2) is 30.3 Å². The lowest BCUT2D eigenvalue weighted by atomic mass is 10.1. The van der Waals surface area contributed by atoms with Crippen molar-refractivity contribution in [2.24, 2.45) is 0 Å². The second kappa shape index (κ2) is 8.12. The van der Waals surface area contributed by atoms with Crippen LogP contribution in [0.5, 0.6) is 0 Å². The van der Waals surface area contributed by atoms with Crippen molar-refractivity contribution in [1.82, 2.24) is 5.32 Å². The predicted molar refractivity (Wildman–Crippen MR) is 76.1 cm³/mol. The van der Waals surface area contributed by atoms with Gasteiger partial charge in [-0.2, -0.15) is 0 Å². The number of carbonyl (C=O) groups excluding carboxylic acids is 1. The molecule has 3 N–H and O–H groups in total. The first kappa shape index (κ1) is 15.9. The molecule has 0 aliphatic heterocycles. The van der Waals surface area contributed by atoms with E-state index in [0.29, 0.717) is 0 Å². The molecule has 1 aromatic carbocycles. The van der Waals surface area contributed by atoms with Crippen molar-refractivity contribution in [2.45, 2.75) is 25.8 Å². The Labute approximate surface area is 117 Å². The van der Waals surface area contributed by atoms with Crippen LogP contribution in [-0.4, -0.2) is 34.7 Å². The van der Waals surface area contributed by atoms with E-state index in [-0.39, 0.29) is 13.0 Å². The number of aliphatic hydroxyl groups is 1. The maximum Gasteiger partial charge on any atom is 0.326 e. The van der Waals surface area contributed by atoms with Crippen LogP contribution in [0.4, 0.5) is 0 Å². The quantitative estimate of drug-likeness (QED) is 0.654. The molecule has 0 aliphatic carbocycles. The van der Waals surface area contributed by atoms with Gasteiger partial charge in [0.1, 0.15) is 6.04 Å². The van der Waals surface area contributed by atoms with Gasteiger partial charge in [-0.05, 0) is 23.6 Å². The number of nitrogens with one attached hydrogen (secondary N) is 1. The highest BCUT2D eigenvalue weighted by Gasteiger charge is 2.17. The molecule has 0 heterocycles. The summed E-state index contributed by atoms with van der Waals surface area (Å²) in [7, 11) is 0. The normalized spacial score (nSPS) is 12.3. The Kier molecular flexibility index (Phi) is 6.46. The first-order valence-electron chi connectivity index (χ1n) is 6.48. The fourth-order valence-corrected chi connectivity index (χ4v) is 1.64. The second-order valence-corrected chi connectivity index (χ2v) is 4.34. The summed E-state index contributed by atoms with van der Waals surface area (Å²) in [4.78, 5) is 22.4. The van der Waals surface area contributed by atoms with Crippen LogP contribution in [0.1, 0.15) is 24.5 Å². The highest BCUT2D eigenvalue weighted by atomic mass is 16.4. The van der Waals surface area contributed by atoms with Crippen molar-refractivity contribution >= 4 is 18.0 Å². The number of carboxylic acid groups (broad SMARTS) is 1. The van der Waals surface area contributed by atoms with Crippen molar-refractivity contribution in [1.29, 1.82) is 0 Å². The summed E-state index contributed by atoms with van der Waals surface area (Å²) in [6.07, 6.45) is 3.84. The van der Waals surface area contributed by atoms with Crippen LogP contribution in [0.25, 0.3) is 6.08 Å². The van der Waals surface area contributed by atoms with Crippen molar-refractivity contribution < 1.29 is 19.8 Å². The van der Waals surface area contributed by atoms with E-state index in [0.717, 1.165) is 12.0 Å². The summed E-state index contributed by atoms with van der Waals surface area (Å²) in [5.74, 6) is -1.65. The summed E-state index contributed by atoms with van der Waals surface area (Å²) < 4.78 is 0. The molecule has 0 aliphatic rings. The van der Waals surface area contributed by atoms with E-state index in [1.165, 1.54) is 11.6 Å². The molecular formula is C15H19NO4. The number of aryl methyl sites for hydroxylation is 1. The number of carbonyl (C=O) groups is 2. The SMILES string of the molecule is CCc1ccc(/C=C/C(=O)N[C@H](CCO)C(=O)O)cc1. The lowest BCUT2D eigenvalue weighted by molar-refractivity contribution is -0.141. The van der Waals surface area contributed by atoms with Gasteiger partial charge < -0.3 is 15.5 Å². The van der Waals surface area contributed by atoms with E-state index in [4.69, 9.17) is 10.2 Å². The lowest BCUT2D eigenvalue weighted by Gasteiger charge is -2.11. The fourth-order valence-electron chi connectivity index (χ4n) is 1.64. The van der Waals surface area contributed by atoms with Crippen LogP contribution >= 0.6 is 0 Å². The summed E-state index contributed by atoms with van der Waals surface area (Å²) in [6.45, 7) is 1.77. The molecule has 0 spiro atoms. The largest absolute Gasteiger partial charge is 0.480 e. The molecule has 0 saturated carbocycles. The second-order valence-electron chi connectivity index (χ2n) is 4.34. The molecule has 0 radical (unpaired) electrons. The molecule has 1 amide bonds. The molecule has 1 atom stereocenters. The molecule has 20 heavy (non-hydrogen) atoms. The Bertz CT molecular complexity index is 479. The van der Waals surface area contributed by atoms with Crippen LogP contribution in [0, 0.1) is 0 Å². The van der Waals surface area contributed by atoms with Gasteiger partial charge in [-0.1, -0.05) is 31.2 Å². The van der Waals surface area contributed by atoms with Crippen LogP contribution < -0.4 is 5.32 Å². The maximum absolute atomic E-state index is 11.6. The fraction of sp³-hybridized carbons (Fsp3) is 0.333. The minimum atomic E-state index is -1.16. The smallest absolute Gasteiger partial charge is 0.326 e. The molecule has 0 saturated heterocycles. The Balaban J connectivity index is 2.59. The van der Waals surface area contributed by atoms with Gasteiger partial charge in [0.05, 0.1) is 0 Å². The van der Waals surface area contributed by atoms with Crippen LogP contribution in [0.3, 0.4) is 0 Å². The topological polar surface area (TPSA) is 86.6 Å². The van der Waals surface area contributed by atoms with Gasteiger partial charge in [-0.3, -0.25) is 4.79 Å². The lowest BCUT2D eigenvalue weighted by Crippen LogP contribution is -2.40. The molecule has 0 fully saturated rings. The van der Waals surface area contributed by atoms with Crippen LogP contribution in [0.2, 0.25) is 0 Å². The standard InChI is InChI=1S/C15H19NO4/c1-2-11-3-5-12(6-4-11)7-8-14(18)16-13(9-10-17)15(19)20/h3-8,13,17H,2,9-10H2,1H3,(H,16,18)(H,19,20)/b8-7+/t13-/m1/s1. The van der Waals surface area contributed by atoms with E-state index >= 15 is 0 Å². The first-order chi connectivity index (χ1) is 9.56. The highest BCUT2D eigenvalue weighted by molar-refractivity contribution is 5.94. The van der Waals surface area contributed by atoms with Gasteiger partial charge in [0.2, 0.25) is 5.91 Å². The van der Waals surface area contributed by atoms with Crippen LogP contribution in [-0.2, 0) is 16.0 Å². The number of aliphatic hydroxyl groups excluding tert-OH is 1. The van der Waals surface area contributed by atoms with Gasteiger partial charge >= 0.3 is 5.97 Å². The zero-order chi connectivity index (χ0) is 15.0. The number of benzene rings is 1. The molecule has 108 valence electrons. The first-order valence-corrected chi connectivity index (χ1v) is 6.48. The van der Waals surface area contributed by atoms with Gasteiger partial charge in [0, 0.05) is 19.1 Å². The summed E-state index contributed by atoms with van der Waals surface area (Å²) >= 11 is 0. The Morgan fingerprint density at radius 1 is 1.30 bits per heavy atom. The molecule has 1 aromatic rings. The zero-order valence-electron chi connectivity index (χ0n) is 11.4. The third-order valence-electron chi connectivity index (χ3n) is 2.85. The van der Waals surface area contributed by atoms with Gasteiger partial charge in [-0.25, -0.2) is 4.79 Å². The predicted octanol–water partition coefficient (Wildman–Crippen LogP) is 1.21. The number of hydrogen-bond acceptors (Lipinski definition) is 3. The number of rotatable bonds is 7. The van der Waals surface area contributed by atoms with E-state index < -0.39 is 17.9 Å². The third-order valence-corrected chi connectivity index (χ3v) is 2.85. The summed E-state index contributed by atoms with van der Waals surface area (Å²) in [5, 5.41) is 19.9. The number of carboxylic acids is 1. The van der Waals surface area contributed by atoms with E-state index in [1.54, 1.807) is 6.08 Å². The van der Waals surface area contributed by atoms with Crippen molar-refractivity contribution in [2.75, 3.05) is 6.61 Å². The molecule has 1 rings (SSSR count). The zero-order valence-corrected chi connectivity index (χ0v) is 11.4. The Morgan fingerprint density at radius 2 is 1.95 bits per heavy atom. The summed E-state index contributed by atoms with van der Waals surface area (Å²) in [6, 6.07) is 6.67. The van der Waals surface area contributed by atoms with Gasteiger partial charge in [0.15, 0.2) is 0 Å². The van der Waals surface area contributed by atoms with Gasteiger partial charge in [0.25, 0.3) is 0 Å². The van der Waals surface area contributed by atoms with Crippen molar-refractivity contribution in [3.05, 3.63) is 41.5 Å². The van der Waals surface area contributed by atoms with E-state index in [9.17, 15) is 9.59 Å². The van der Waals surface area contributed by atoms with E-state index in [1.807, 2.05) is 24.3 Å². The van der Waals surface area contributed by atoms with Crippen molar-refractivity contribution in [3.63, 3.8) is 0 Å². The van der Waals surface area contributed by atoms with E-state index in [2.05, 4.69) is 12.2 Å². The third kappa shape index (κ3) is 5.24. The average Bonchev–Trinajstić information content (AvgIpc) is 2.45. The summed E-state index contributed by atoms with van der Waals surface area (Å²) in [5.41, 5.74) is 2.08. The number of aliphatic carboxylic acids is 1. The monoisotopic (exact) mass is 277 g/mol. The molecule has 0 aromatic heterocycles. The number of amides is 1. The molecular weight excluding hydrogens is 258 g/mol. The Hall–Kier alpha value is -2.14. The molecule has 0 unspecified atom stereocenters. The highest BCUT2D eigenvalue weighted by Crippen LogP contribution is 2.06. The van der Waals surface area contributed by atoms with Gasteiger partial charge in [-0.15, -0.1) is 0 Å². The maximum atomic E-state index is 11.6. The van der Waals surface area contributed by atoms with Crippen molar-refractivity contribution in [3.8, 4) is 0 Å². The Morgan fingerprint density at radius 3 is 2.45 bits per heavy atom. The minimum Gasteiger partial charge on any atom is -0.480 e. The number of hydrogen-bond donors (Lipinski definition) is 3.